The number of hydrogen-bond acceptors (Lipinski definition) is 16. The van der Waals surface area contributed by atoms with Gasteiger partial charge in [0.05, 0.1) is 68.0 Å². The van der Waals surface area contributed by atoms with Crippen LogP contribution in [-0.2, 0) is 38.2 Å². The standard InChI is InChI=1S/C95H88B2N6O10S2/c1-2-83(104)109-58-22-23-59-110-92(105)67-42-38-62(39-43-67)63-40-44-68(45-41-63)94(107)113-76-56-50-69(51-57-76)95(108)112-75-54-48-65(49-55-75)87-85-84(88(77(60-98)90-100-79-34-18-20-36-81(79)114-90)103(87)97(72-30-14-6-15-31-72)73-32-16-7-17-33-73)86(64-46-52-74(53-47-64)111-93(106)66-24-8-3-9-25-66)102(96(70-26-10-4-11-27-70)71-28-12-5-13-29-71)89(85)78(61-99)91-101-80-35-19-21-37-82(80)115-91/h2,4-7,10-21,26-37,46-49,52-55,62-63,66-69,76H,1,3,8-9,22-25,38-45,50-51,56-59H2/b88-77-,89-78-. The largest absolute Gasteiger partial charge is 0.465 e. The number of esters is 5. The summed E-state index contributed by atoms with van der Waals surface area (Å²) in [6.45, 7) is 2.66. The van der Waals surface area contributed by atoms with Crippen molar-refractivity contribution in [2.45, 2.75) is 128 Å². The van der Waals surface area contributed by atoms with Crippen molar-refractivity contribution >= 4 is 130 Å². The molecule has 0 bridgehead atoms. The lowest BCUT2D eigenvalue weighted by atomic mass is 9.50. The molecule has 4 aliphatic rings. The third kappa shape index (κ3) is 16.8. The number of fused-ring (bicyclic) bond motifs is 3. The Morgan fingerprint density at radius 1 is 0.426 bits per heavy atom. The number of hydrogen-bond donors (Lipinski definition) is 0. The third-order valence-corrected chi connectivity index (χ3v) is 26.0. The molecule has 0 atom stereocenters. The molecule has 0 spiro atoms. The summed E-state index contributed by atoms with van der Waals surface area (Å²) in [6, 6.07) is 77.7. The van der Waals surface area contributed by atoms with Crippen LogP contribution < -0.4 is 42.0 Å². The van der Waals surface area contributed by atoms with Crippen molar-refractivity contribution in [1.29, 1.82) is 10.5 Å². The maximum absolute atomic E-state index is 14.6. The molecule has 576 valence electrons. The van der Waals surface area contributed by atoms with Crippen LogP contribution in [0, 0.1) is 58.2 Å². The van der Waals surface area contributed by atoms with Gasteiger partial charge in [-0.15, -0.1) is 22.7 Å². The van der Waals surface area contributed by atoms with Gasteiger partial charge in [0, 0.05) is 28.2 Å². The molecule has 20 heteroatoms. The van der Waals surface area contributed by atoms with E-state index in [1.165, 1.54) is 22.7 Å². The fraction of sp³-hybridized carbons (Fsp3) is 0.295. The first kappa shape index (κ1) is 77.2. The Morgan fingerprint density at radius 3 is 1.19 bits per heavy atom. The quantitative estimate of drug-likeness (QED) is 0.0137. The molecule has 16 nitrogen and oxygen atoms in total. The fourth-order valence-corrected chi connectivity index (χ4v) is 19.9. The van der Waals surface area contributed by atoms with Crippen LogP contribution in [0.25, 0.3) is 64.9 Å². The molecule has 0 unspecified atom stereocenters. The number of unbranched alkanes of at least 4 members (excludes halogenated alkanes) is 1. The molecule has 4 saturated carbocycles. The summed E-state index contributed by atoms with van der Waals surface area (Å²) in [4.78, 5) is 77.5. The summed E-state index contributed by atoms with van der Waals surface area (Å²) in [5.74, 6) is -0.560. The smallest absolute Gasteiger partial charge is 0.330 e. The highest BCUT2D eigenvalue weighted by molar-refractivity contribution is 7.20. The van der Waals surface area contributed by atoms with Gasteiger partial charge in [0.15, 0.2) is 0 Å². The average Bonchev–Trinajstić information content (AvgIpc) is 1.52. The van der Waals surface area contributed by atoms with E-state index in [2.05, 4.69) is 76.2 Å². The van der Waals surface area contributed by atoms with Crippen molar-refractivity contribution in [2.24, 2.45) is 35.5 Å². The fourth-order valence-electron chi connectivity index (χ4n) is 18.0. The number of carbonyl (C=O) groups excluding carboxylic acids is 5. The second-order valence-corrected chi connectivity index (χ2v) is 32.9. The lowest BCUT2D eigenvalue weighted by molar-refractivity contribution is -0.158. The second-order valence-electron chi connectivity index (χ2n) is 30.9. The summed E-state index contributed by atoms with van der Waals surface area (Å²) < 4.78 is 35.9. The van der Waals surface area contributed by atoms with Gasteiger partial charge in [-0.05, 0) is 198 Å². The summed E-state index contributed by atoms with van der Waals surface area (Å²) >= 11 is 2.87. The van der Waals surface area contributed by atoms with E-state index < -0.39 is 25.6 Å². The molecule has 16 rings (SSSR count). The maximum atomic E-state index is 14.6. The lowest BCUT2D eigenvalue weighted by Gasteiger charge is -2.37. The number of rotatable bonds is 24. The first-order valence-corrected chi connectivity index (χ1v) is 42.2. The zero-order valence-electron chi connectivity index (χ0n) is 64.2. The van der Waals surface area contributed by atoms with Crippen LogP contribution in [0.3, 0.4) is 0 Å². The molecule has 0 radical (unpaired) electrons. The van der Waals surface area contributed by atoms with Crippen LogP contribution in [0.2, 0.25) is 0 Å². The van der Waals surface area contributed by atoms with Gasteiger partial charge in [0.25, 0.3) is 0 Å². The van der Waals surface area contributed by atoms with Gasteiger partial charge in [-0.25, -0.2) is 14.8 Å². The average molecular weight is 1560 g/mol. The number of aromatic nitrogens is 4. The number of carbonyl (C=O) groups is 5. The van der Waals surface area contributed by atoms with Crippen LogP contribution in [0.1, 0.15) is 132 Å². The van der Waals surface area contributed by atoms with Crippen LogP contribution in [-0.4, -0.2) is 81.8 Å². The van der Waals surface area contributed by atoms with E-state index in [0.29, 0.717) is 122 Å². The molecular weight excluding hydrogens is 1470 g/mol. The van der Waals surface area contributed by atoms with Gasteiger partial charge in [0.2, 0.25) is 0 Å². The molecule has 0 N–H and O–H groups in total. The summed E-state index contributed by atoms with van der Waals surface area (Å²) in [6.07, 6.45) is 15.7. The first-order chi connectivity index (χ1) is 56.5. The van der Waals surface area contributed by atoms with E-state index in [-0.39, 0.29) is 65.5 Å². The summed E-state index contributed by atoms with van der Waals surface area (Å²) in [7, 11) is 0. The Labute approximate surface area is 677 Å². The number of para-hydroxylation sites is 2. The topological polar surface area (TPSA) is 215 Å². The normalized spacial score (nSPS) is 18.9. The van der Waals surface area contributed by atoms with Crippen molar-refractivity contribution in [1.82, 2.24) is 18.9 Å². The van der Waals surface area contributed by atoms with Crippen LogP contribution in [0.5, 0.6) is 11.5 Å². The summed E-state index contributed by atoms with van der Waals surface area (Å²) in [5, 5.41) is 28.5. The molecule has 0 amide bonds. The van der Waals surface area contributed by atoms with Gasteiger partial charge in [-0.3, -0.25) is 19.2 Å². The predicted molar refractivity (Wildman–Crippen MR) is 454 cm³/mol. The number of ether oxygens (including phenoxy) is 5. The van der Waals surface area contributed by atoms with E-state index in [1.54, 1.807) is 0 Å². The van der Waals surface area contributed by atoms with Crippen molar-refractivity contribution in [2.75, 3.05) is 13.2 Å². The highest BCUT2D eigenvalue weighted by Crippen LogP contribution is 2.44. The molecule has 0 saturated heterocycles. The summed E-state index contributed by atoms with van der Waals surface area (Å²) in [5.41, 5.74) is 8.34. The molecule has 4 aromatic heterocycles. The number of thiazole rings is 2. The predicted octanol–water partition coefficient (Wildman–Crippen LogP) is 15.9. The zero-order chi connectivity index (χ0) is 78.7. The SMILES string of the molecule is C=CC(=O)OCCCCOC(=O)C1CCC(C2CCC(C(=O)OC3CCC(C(=O)Oc4ccc(-c5c6/c(=C(\C#N)c7nc8ccccc8s7)n(B(c7ccccc7)c7ccccc7)c(-c7ccc(OC(=O)C8CCCCC8)cc7)c6/c(=C(\C#N)c6nc7ccccc7s6)n5B(c5ccccc5)c5ccccc5)cc4)CC3)CC2)CC1. The lowest BCUT2D eigenvalue weighted by Crippen LogP contribution is -2.54. The van der Waals surface area contributed by atoms with Crippen LogP contribution in [0.15, 0.2) is 231 Å². The van der Waals surface area contributed by atoms with Crippen LogP contribution >= 0.6 is 22.7 Å². The Bertz CT molecular complexity index is 5510. The number of nitrogens with zero attached hydrogens (tertiary/aromatic N) is 6. The van der Waals surface area contributed by atoms with E-state index in [0.717, 1.165) is 132 Å². The molecule has 12 aromatic rings. The van der Waals surface area contributed by atoms with Gasteiger partial charge in [-0.1, -0.05) is 193 Å². The highest BCUT2D eigenvalue weighted by Gasteiger charge is 2.41. The third-order valence-electron chi connectivity index (χ3n) is 23.8. The van der Waals surface area contributed by atoms with E-state index in [4.69, 9.17) is 33.7 Å². The molecule has 0 aliphatic heterocycles. The van der Waals surface area contributed by atoms with Gasteiger partial charge < -0.3 is 32.6 Å². The molecule has 4 fully saturated rings. The Balaban J connectivity index is 0.786. The van der Waals surface area contributed by atoms with Crippen LogP contribution in [0.4, 0.5) is 0 Å². The monoisotopic (exact) mass is 1560 g/mol. The highest BCUT2D eigenvalue weighted by atomic mass is 32.1. The number of nitriles is 2. The Morgan fingerprint density at radius 2 is 0.791 bits per heavy atom. The molecule has 115 heavy (non-hydrogen) atoms. The molecule has 8 aromatic carbocycles. The van der Waals surface area contributed by atoms with Gasteiger partial charge in [0.1, 0.15) is 50.9 Å². The van der Waals surface area contributed by atoms with E-state index in [9.17, 15) is 34.5 Å². The van der Waals surface area contributed by atoms with E-state index >= 15 is 0 Å². The van der Waals surface area contributed by atoms with Crippen molar-refractivity contribution < 1.29 is 47.7 Å². The zero-order valence-corrected chi connectivity index (χ0v) is 65.8. The first-order valence-electron chi connectivity index (χ1n) is 40.6. The maximum Gasteiger partial charge on any atom is 0.330 e. The molecular formula is C95H88B2N6O10S2. The van der Waals surface area contributed by atoms with Gasteiger partial charge >= 0.3 is 43.5 Å². The molecule has 4 heterocycles. The van der Waals surface area contributed by atoms with E-state index in [1.807, 2.05) is 170 Å². The Kier molecular flexibility index (Phi) is 24.0. The second kappa shape index (κ2) is 35.8. The van der Waals surface area contributed by atoms with Crippen molar-refractivity contribution in [3.05, 3.63) is 252 Å². The van der Waals surface area contributed by atoms with Crippen molar-refractivity contribution in [3.63, 3.8) is 0 Å². The minimum absolute atomic E-state index is 0.102. The minimum atomic E-state index is -0.669. The van der Waals surface area contributed by atoms with Gasteiger partial charge in [-0.2, -0.15) is 10.5 Å². The molecule has 4 aliphatic carbocycles. The minimum Gasteiger partial charge on any atom is -0.465 e. The number of benzene rings is 8. The van der Waals surface area contributed by atoms with Crippen molar-refractivity contribution in [3.8, 4) is 46.2 Å². The Hall–Kier alpha value is -11.7.